The Kier molecular flexibility index (Phi) is 4.39. The van der Waals surface area contributed by atoms with Crippen LogP contribution in [0.3, 0.4) is 0 Å². The Hall–Kier alpha value is -3.03. The SMILES string of the molecule is CN(Cc1ncn[nH]1)C(=O)c1ncccc1/C=C/C(=O)O. The zero-order valence-electron chi connectivity index (χ0n) is 11.2. The van der Waals surface area contributed by atoms with Crippen LogP contribution in [-0.4, -0.2) is 49.1 Å². The molecular weight excluding hydrogens is 274 g/mol. The first kappa shape index (κ1) is 14.4. The van der Waals surface area contributed by atoms with Gasteiger partial charge in [0.1, 0.15) is 17.8 Å². The highest BCUT2D eigenvalue weighted by molar-refractivity contribution is 5.97. The molecule has 0 saturated heterocycles. The molecule has 2 rings (SSSR count). The Balaban J connectivity index is 2.20. The number of hydrogen-bond donors (Lipinski definition) is 2. The van der Waals surface area contributed by atoms with Crippen LogP contribution in [0, 0.1) is 0 Å². The number of nitrogens with one attached hydrogen (secondary N) is 1. The normalized spacial score (nSPS) is 10.7. The zero-order valence-corrected chi connectivity index (χ0v) is 11.2. The van der Waals surface area contributed by atoms with E-state index in [1.54, 1.807) is 19.2 Å². The van der Waals surface area contributed by atoms with Crippen LogP contribution in [0.1, 0.15) is 21.9 Å². The second-order valence-electron chi connectivity index (χ2n) is 4.21. The van der Waals surface area contributed by atoms with Gasteiger partial charge in [-0.25, -0.2) is 9.78 Å². The van der Waals surface area contributed by atoms with E-state index in [2.05, 4.69) is 20.2 Å². The number of nitrogens with zero attached hydrogens (tertiary/aromatic N) is 4. The minimum absolute atomic E-state index is 0.178. The van der Waals surface area contributed by atoms with Crippen molar-refractivity contribution < 1.29 is 14.7 Å². The smallest absolute Gasteiger partial charge is 0.328 e. The molecule has 8 nitrogen and oxygen atoms in total. The maximum absolute atomic E-state index is 12.4. The molecule has 2 heterocycles. The molecule has 2 aromatic rings. The van der Waals surface area contributed by atoms with Gasteiger partial charge in [-0.3, -0.25) is 14.9 Å². The number of rotatable bonds is 5. The van der Waals surface area contributed by atoms with Crippen molar-refractivity contribution in [2.45, 2.75) is 6.54 Å². The monoisotopic (exact) mass is 287 g/mol. The lowest BCUT2D eigenvalue weighted by atomic mass is 10.1. The Morgan fingerprint density at radius 1 is 1.43 bits per heavy atom. The number of carboxylic acids is 1. The molecule has 0 aliphatic rings. The standard InChI is InChI=1S/C13H13N5O3/c1-18(7-10-15-8-16-17-10)13(21)12-9(3-2-6-14-12)4-5-11(19)20/h2-6,8H,7H2,1H3,(H,19,20)(H,15,16,17)/b5-4+. The van der Waals surface area contributed by atoms with E-state index in [1.807, 2.05) is 0 Å². The van der Waals surface area contributed by atoms with E-state index in [0.717, 1.165) is 6.08 Å². The summed E-state index contributed by atoms with van der Waals surface area (Å²) in [5.41, 5.74) is 0.617. The molecule has 2 N–H and O–H groups in total. The van der Waals surface area contributed by atoms with Gasteiger partial charge < -0.3 is 10.0 Å². The second kappa shape index (κ2) is 6.42. The summed E-state index contributed by atoms with van der Waals surface area (Å²) in [5.74, 6) is -0.881. The molecular formula is C13H13N5O3. The van der Waals surface area contributed by atoms with Crippen molar-refractivity contribution >= 4 is 18.0 Å². The van der Waals surface area contributed by atoms with Crippen molar-refractivity contribution in [3.05, 3.63) is 47.8 Å². The molecule has 1 amide bonds. The molecule has 0 unspecified atom stereocenters. The summed E-state index contributed by atoms with van der Waals surface area (Å²) in [6.45, 7) is 0.248. The van der Waals surface area contributed by atoms with Crippen LogP contribution in [0.25, 0.3) is 6.08 Å². The molecule has 0 fully saturated rings. The fourth-order valence-corrected chi connectivity index (χ4v) is 1.68. The van der Waals surface area contributed by atoms with E-state index < -0.39 is 5.97 Å². The number of H-pyrrole nitrogens is 1. The molecule has 0 aliphatic heterocycles. The van der Waals surface area contributed by atoms with Crippen LogP contribution in [0.5, 0.6) is 0 Å². The molecule has 21 heavy (non-hydrogen) atoms. The van der Waals surface area contributed by atoms with Crippen LogP contribution in [0.2, 0.25) is 0 Å². The predicted molar refractivity (Wildman–Crippen MR) is 73.1 cm³/mol. The number of carbonyl (C=O) groups excluding carboxylic acids is 1. The average molecular weight is 287 g/mol. The minimum atomic E-state index is -1.09. The number of hydrogen-bond acceptors (Lipinski definition) is 5. The molecule has 0 spiro atoms. The molecule has 0 bridgehead atoms. The average Bonchev–Trinajstić information content (AvgIpc) is 2.97. The topological polar surface area (TPSA) is 112 Å². The third kappa shape index (κ3) is 3.72. The van der Waals surface area contributed by atoms with Gasteiger partial charge in [0.15, 0.2) is 0 Å². The molecule has 8 heteroatoms. The van der Waals surface area contributed by atoms with Crippen LogP contribution < -0.4 is 0 Å². The van der Waals surface area contributed by atoms with Crippen molar-refractivity contribution in [2.75, 3.05) is 7.05 Å². The quantitative estimate of drug-likeness (QED) is 0.777. The largest absolute Gasteiger partial charge is 0.478 e. The number of aromatic amines is 1. The number of aliphatic carboxylic acids is 1. The van der Waals surface area contributed by atoms with Crippen molar-refractivity contribution in [2.24, 2.45) is 0 Å². The third-order valence-electron chi connectivity index (χ3n) is 2.65. The van der Waals surface area contributed by atoms with E-state index in [4.69, 9.17) is 5.11 Å². The van der Waals surface area contributed by atoms with Gasteiger partial charge >= 0.3 is 5.97 Å². The lowest BCUT2D eigenvalue weighted by Gasteiger charge is -2.16. The van der Waals surface area contributed by atoms with Gasteiger partial charge in [0, 0.05) is 24.9 Å². The second-order valence-corrected chi connectivity index (χ2v) is 4.21. The van der Waals surface area contributed by atoms with Crippen molar-refractivity contribution in [3.8, 4) is 0 Å². The van der Waals surface area contributed by atoms with Crippen molar-refractivity contribution in [1.82, 2.24) is 25.1 Å². The third-order valence-corrected chi connectivity index (χ3v) is 2.65. The molecule has 0 aliphatic carbocycles. The Bertz CT molecular complexity index is 666. The van der Waals surface area contributed by atoms with Gasteiger partial charge in [-0.1, -0.05) is 6.07 Å². The Morgan fingerprint density at radius 2 is 2.24 bits per heavy atom. The summed E-state index contributed by atoms with van der Waals surface area (Å²) in [6, 6.07) is 3.26. The first-order valence-electron chi connectivity index (χ1n) is 6.03. The molecule has 108 valence electrons. The highest BCUT2D eigenvalue weighted by atomic mass is 16.4. The summed E-state index contributed by atoms with van der Waals surface area (Å²) < 4.78 is 0. The summed E-state index contributed by atoms with van der Waals surface area (Å²) in [7, 11) is 1.60. The van der Waals surface area contributed by atoms with Gasteiger partial charge in [-0.2, -0.15) is 5.10 Å². The number of carboxylic acid groups (broad SMARTS) is 1. The predicted octanol–water partition coefficient (Wildman–Crippen LogP) is 0.570. The van der Waals surface area contributed by atoms with Gasteiger partial charge in [0.2, 0.25) is 0 Å². The number of pyridine rings is 1. The van der Waals surface area contributed by atoms with Gasteiger partial charge in [-0.05, 0) is 12.1 Å². The van der Waals surface area contributed by atoms with Crippen molar-refractivity contribution in [3.63, 3.8) is 0 Å². The van der Waals surface area contributed by atoms with Gasteiger partial charge in [0.05, 0.1) is 6.54 Å². The van der Waals surface area contributed by atoms with Crippen LogP contribution in [0.4, 0.5) is 0 Å². The fourth-order valence-electron chi connectivity index (χ4n) is 1.68. The summed E-state index contributed by atoms with van der Waals surface area (Å²) in [5, 5.41) is 15.0. The summed E-state index contributed by atoms with van der Waals surface area (Å²) in [6.07, 6.45) is 5.14. The van der Waals surface area contributed by atoms with E-state index in [-0.39, 0.29) is 18.1 Å². The van der Waals surface area contributed by atoms with E-state index in [1.165, 1.54) is 23.5 Å². The summed E-state index contributed by atoms with van der Waals surface area (Å²) >= 11 is 0. The van der Waals surface area contributed by atoms with Crippen molar-refractivity contribution in [1.29, 1.82) is 0 Å². The zero-order chi connectivity index (χ0) is 15.2. The van der Waals surface area contributed by atoms with Gasteiger partial charge in [-0.15, -0.1) is 0 Å². The van der Waals surface area contributed by atoms with Crippen LogP contribution >= 0.6 is 0 Å². The van der Waals surface area contributed by atoms with Crippen LogP contribution in [-0.2, 0) is 11.3 Å². The highest BCUT2D eigenvalue weighted by Gasteiger charge is 2.17. The fraction of sp³-hybridized carbons (Fsp3) is 0.154. The Morgan fingerprint density at radius 3 is 2.90 bits per heavy atom. The van der Waals surface area contributed by atoms with E-state index in [0.29, 0.717) is 11.4 Å². The number of amides is 1. The highest BCUT2D eigenvalue weighted by Crippen LogP contribution is 2.11. The molecule has 2 aromatic heterocycles. The lowest BCUT2D eigenvalue weighted by molar-refractivity contribution is -0.131. The molecule has 0 radical (unpaired) electrons. The minimum Gasteiger partial charge on any atom is -0.478 e. The van der Waals surface area contributed by atoms with E-state index >= 15 is 0 Å². The van der Waals surface area contributed by atoms with Gasteiger partial charge in [0.25, 0.3) is 5.91 Å². The number of carbonyl (C=O) groups is 2. The summed E-state index contributed by atoms with van der Waals surface area (Å²) in [4.78, 5) is 32.3. The molecule has 0 saturated carbocycles. The maximum atomic E-state index is 12.4. The maximum Gasteiger partial charge on any atom is 0.328 e. The molecule has 0 aromatic carbocycles. The molecule has 0 atom stereocenters. The first-order valence-corrected chi connectivity index (χ1v) is 6.03. The Labute approximate surface area is 120 Å². The first-order chi connectivity index (χ1) is 10.1. The van der Waals surface area contributed by atoms with Crippen LogP contribution in [0.15, 0.2) is 30.7 Å². The lowest BCUT2D eigenvalue weighted by Crippen LogP contribution is -2.28. The van der Waals surface area contributed by atoms with E-state index in [9.17, 15) is 9.59 Å². The number of aromatic nitrogens is 4.